The summed E-state index contributed by atoms with van der Waals surface area (Å²) in [6.45, 7) is 5.50. The van der Waals surface area contributed by atoms with Crippen molar-refractivity contribution in [2.24, 2.45) is 0 Å². The first-order valence-electron chi connectivity index (χ1n) is 1.73. The predicted molar refractivity (Wildman–Crippen MR) is 31.6 cm³/mol. The Morgan fingerprint density at radius 3 is 1.17 bits per heavy atom. The van der Waals surface area contributed by atoms with E-state index in [9.17, 15) is 0 Å². The Balaban J connectivity index is -0.0000000275. The first-order chi connectivity index (χ1) is 2.41. The molecule has 0 nitrogen and oxygen atoms in total. The molecular formula is C3H10B2F. The van der Waals surface area contributed by atoms with Crippen molar-refractivity contribution >= 4 is 15.1 Å². The molecule has 3 radical (unpaired) electrons. The molecule has 0 heterocycles. The number of hydrogen-bond donors (Lipinski definition) is 0. The Labute approximate surface area is 41.3 Å². The zero-order valence-electron chi connectivity index (χ0n) is 4.56. The molecule has 0 aromatic rings. The van der Waals surface area contributed by atoms with E-state index in [1.54, 1.807) is 0 Å². The second kappa shape index (κ2) is 74.2. The van der Waals surface area contributed by atoms with E-state index in [0.717, 1.165) is 0 Å². The topological polar surface area (TPSA) is 0 Å². The quantitative estimate of drug-likeness (QED) is 0.388. The van der Waals surface area contributed by atoms with E-state index in [2.05, 4.69) is 7.85 Å². The van der Waals surface area contributed by atoms with Crippen LogP contribution in [-0.4, -0.2) is 15.1 Å². The summed E-state index contributed by atoms with van der Waals surface area (Å²) in [7, 11) is 6.50. The highest BCUT2D eigenvalue weighted by molar-refractivity contribution is 6.31. The van der Waals surface area contributed by atoms with Crippen molar-refractivity contribution < 1.29 is 4.70 Å². The summed E-state index contributed by atoms with van der Waals surface area (Å²) in [5.41, 5.74) is 0. The van der Waals surface area contributed by atoms with Gasteiger partial charge in [0.2, 0.25) is 0 Å². The lowest BCUT2D eigenvalue weighted by Crippen LogP contribution is -1.53. The van der Waals surface area contributed by atoms with Crippen molar-refractivity contribution in [3.05, 3.63) is 0 Å². The summed E-state index contributed by atoms with van der Waals surface area (Å²) < 4.78 is 0. The van der Waals surface area contributed by atoms with E-state index in [0.29, 0.717) is 0 Å². The Morgan fingerprint density at radius 2 is 1.17 bits per heavy atom. The van der Waals surface area contributed by atoms with Gasteiger partial charge < -0.3 is 0 Å². The van der Waals surface area contributed by atoms with Crippen molar-refractivity contribution in [1.29, 1.82) is 0 Å². The van der Waals surface area contributed by atoms with Gasteiger partial charge >= 0.3 is 0 Å². The zero-order valence-corrected chi connectivity index (χ0v) is 4.56. The van der Waals surface area contributed by atoms with Gasteiger partial charge in [-0.25, -0.2) is 0 Å². The van der Waals surface area contributed by atoms with Crippen LogP contribution in [0.15, 0.2) is 0 Å². The van der Waals surface area contributed by atoms with E-state index in [-0.39, 0.29) is 4.70 Å². The fourth-order valence-electron chi connectivity index (χ4n) is 0. The highest BCUT2D eigenvalue weighted by atomic mass is 19.0. The maximum Gasteiger partial charge on any atom is 0.102 e. The summed E-state index contributed by atoms with van der Waals surface area (Å²) >= 11 is 0. The van der Waals surface area contributed by atoms with Gasteiger partial charge in [-0.2, -0.15) is 0 Å². The van der Waals surface area contributed by atoms with Gasteiger partial charge in [-0.15, -0.1) is 0 Å². The summed E-state index contributed by atoms with van der Waals surface area (Å²) in [5.74, 6) is 0. The molecule has 0 aromatic carbocycles. The van der Waals surface area contributed by atoms with Crippen LogP contribution in [0.2, 0.25) is 20.5 Å². The summed E-state index contributed by atoms with van der Waals surface area (Å²) in [4.78, 5) is 0. The van der Waals surface area contributed by atoms with Crippen molar-refractivity contribution in [2.45, 2.75) is 20.5 Å². The normalized spacial score (nSPS) is 3.17. The van der Waals surface area contributed by atoms with Crippen LogP contribution >= 0.6 is 0 Å². The van der Waals surface area contributed by atoms with E-state index < -0.39 is 0 Å². The van der Waals surface area contributed by atoms with Crippen LogP contribution in [0.25, 0.3) is 0 Å². The van der Waals surface area contributed by atoms with Crippen LogP contribution in [0.3, 0.4) is 0 Å². The van der Waals surface area contributed by atoms with Crippen molar-refractivity contribution in [3.63, 3.8) is 0 Å². The highest BCUT2D eigenvalue weighted by Gasteiger charge is 1.42. The van der Waals surface area contributed by atoms with Crippen LogP contribution in [-0.2, 0) is 0 Å². The van der Waals surface area contributed by atoms with Gasteiger partial charge in [0.1, 0.15) is 7.28 Å². The molecule has 35 valence electrons. The minimum absolute atomic E-state index is 0. The molecule has 0 bridgehead atoms. The molecule has 0 fully saturated rings. The van der Waals surface area contributed by atoms with Gasteiger partial charge in [0.25, 0.3) is 0 Å². The standard InChI is InChI=1S/C2H6B.CH3B.FH/c1-3-2;1-2;/h1-2H3;1H3;1H. The minimum Gasteiger partial charge on any atom is -0.269 e. The van der Waals surface area contributed by atoms with Crippen LogP contribution in [0.4, 0.5) is 4.70 Å². The maximum atomic E-state index is 4.50. The SMILES string of the molecule is C[B]C.F.[B]C. The largest absolute Gasteiger partial charge is 0.269 e. The third-order valence-electron chi connectivity index (χ3n) is 0. The van der Waals surface area contributed by atoms with Gasteiger partial charge in [-0.3, -0.25) is 4.70 Å². The molecule has 0 N–H and O–H groups in total. The first kappa shape index (κ1) is 16.6. The molecule has 0 aliphatic heterocycles. The van der Waals surface area contributed by atoms with Crippen LogP contribution in [0, 0.1) is 0 Å². The van der Waals surface area contributed by atoms with Gasteiger partial charge in [-0.05, 0) is 0 Å². The van der Waals surface area contributed by atoms with Gasteiger partial charge in [0.05, 0.1) is 7.85 Å². The second-order valence-electron chi connectivity index (χ2n) is 0.577. The Kier molecular flexibility index (Phi) is 205. The summed E-state index contributed by atoms with van der Waals surface area (Å²) in [5, 5.41) is 0. The average molecular weight is 86.7 g/mol. The summed E-state index contributed by atoms with van der Waals surface area (Å²) in [6.07, 6.45) is 0. The van der Waals surface area contributed by atoms with Crippen molar-refractivity contribution in [3.8, 4) is 0 Å². The van der Waals surface area contributed by atoms with E-state index in [4.69, 9.17) is 0 Å². The molecule has 0 saturated heterocycles. The molecule has 0 amide bonds. The number of halogens is 1. The second-order valence-corrected chi connectivity index (χ2v) is 0.577. The fourth-order valence-corrected chi connectivity index (χ4v) is 0. The van der Waals surface area contributed by atoms with Crippen LogP contribution < -0.4 is 0 Å². The van der Waals surface area contributed by atoms with E-state index in [1.165, 1.54) is 6.82 Å². The molecule has 0 aromatic heterocycles. The molecule has 0 spiro atoms. The zero-order chi connectivity index (χ0) is 4.71. The third kappa shape index (κ3) is 10600. The van der Waals surface area contributed by atoms with Crippen LogP contribution in [0.5, 0.6) is 0 Å². The lowest BCUT2D eigenvalue weighted by molar-refractivity contribution is 1.11. The fraction of sp³-hybridized carbons (Fsp3) is 1.00. The van der Waals surface area contributed by atoms with Crippen molar-refractivity contribution in [2.75, 3.05) is 0 Å². The molecule has 3 heteroatoms. The maximum absolute atomic E-state index is 4.50. The molecule has 0 atom stereocenters. The highest BCUT2D eigenvalue weighted by Crippen LogP contribution is 1.36. The number of rotatable bonds is 0. The molecule has 0 rings (SSSR count). The van der Waals surface area contributed by atoms with E-state index in [1.807, 2.05) is 20.9 Å². The van der Waals surface area contributed by atoms with Crippen molar-refractivity contribution in [1.82, 2.24) is 0 Å². The Bertz CT molecular complexity index is 8.75. The van der Waals surface area contributed by atoms with Gasteiger partial charge in [-0.1, -0.05) is 20.5 Å². The van der Waals surface area contributed by atoms with Crippen LogP contribution in [0.1, 0.15) is 0 Å². The molecule has 6 heavy (non-hydrogen) atoms. The minimum atomic E-state index is 0. The van der Waals surface area contributed by atoms with Gasteiger partial charge in [0, 0.05) is 0 Å². The smallest absolute Gasteiger partial charge is 0.102 e. The van der Waals surface area contributed by atoms with Gasteiger partial charge in [0.15, 0.2) is 0 Å². The Morgan fingerprint density at radius 1 is 1.17 bits per heavy atom. The monoisotopic (exact) mass is 87.1 g/mol. The predicted octanol–water partition coefficient (Wildman–Crippen LogP) is 1.14. The summed E-state index contributed by atoms with van der Waals surface area (Å²) in [6, 6.07) is 0. The molecular weight excluding hydrogens is 76.7 g/mol. The average Bonchev–Trinajstić information content (AvgIpc) is 1.46. The Hall–Kier alpha value is 0.0599. The molecule has 0 unspecified atom stereocenters. The lowest BCUT2D eigenvalue weighted by Gasteiger charge is -1.41. The number of hydrogen-bond acceptors (Lipinski definition) is 0. The molecule has 0 aliphatic rings. The third-order valence-corrected chi connectivity index (χ3v) is 0. The first-order valence-corrected chi connectivity index (χ1v) is 1.73. The molecule has 0 saturated carbocycles. The lowest BCUT2D eigenvalue weighted by atomic mass is 9.88. The van der Waals surface area contributed by atoms with E-state index >= 15 is 0 Å². The molecule has 0 aliphatic carbocycles.